The SMILES string of the molecule is CN/C=C(\C=N)c1cc(-c2ccc(N3CCN(c4ccc(OC)nc4)CC3)nc2)c2c(C(=O)N(C)C)cnn2c1. The number of hydrogen-bond acceptors (Lipinski definition) is 9. The normalized spacial score (nSPS) is 13.8. The molecule has 0 atom stereocenters. The Balaban J connectivity index is 1.44. The van der Waals surface area contributed by atoms with Gasteiger partial charge in [0.05, 0.1) is 36.3 Å². The summed E-state index contributed by atoms with van der Waals surface area (Å²) in [6.45, 7) is 3.38. The van der Waals surface area contributed by atoms with Crippen LogP contribution in [0.4, 0.5) is 11.5 Å². The van der Waals surface area contributed by atoms with Crippen LogP contribution in [-0.4, -0.2) is 91.0 Å². The summed E-state index contributed by atoms with van der Waals surface area (Å²) in [6, 6.07) is 9.95. The van der Waals surface area contributed by atoms with Gasteiger partial charge in [-0.15, -0.1) is 0 Å². The topological polar surface area (TPSA) is 115 Å². The second-order valence-corrected chi connectivity index (χ2v) is 9.66. The smallest absolute Gasteiger partial charge is 0.257 e. The number of allylic oxidation sites excluding steroid dienone is 1. The summed E-state index contributed by atoms with van der Waals surface area (Å²) in [5, 5.41) is 15.4. The lowest BCUT2D eigenvalue weighted by atomic mass is 10.00. The molecular weight excluding hydrogens is 506 g/mol. The van der Waals surface area contributed by atoms with Gasteiger partial charge in [-0.1, -0.05) is 0 Å². The third-order valence-corrected chi connectivity index (χ3v) is 6.99. The average Bonchev–Trinajstić information content (AvgIpc) is 3.43. The summed E-state index contributed by atoms with van der Waals surface area (Å²) in [7, 11) is 6.86. The van der Waals surface area contributed by atoms with Crippen LogP contribution in [0.2, 0.25) is 0 Å². The van der Waals surface area contributed by atoms with Gasteiger partial charge >= 0.3 is 0 Å². The van der Waals surface area contributed by atoms with E-state index in [2.05, 4.69) is 25.2 Å². The number of carbonyl (C=O) groups excluding carboxylic acids is 1. The summed E-state index contributed by atoms with van der Waals surface area (Å²) in [5.74, 6) is 1.38. The Bertz CT molecular complexity index is 1530. The van der Waals surface area contributed by atoms with Crippen LogP contribution in [0.25, 0.3) is 22.2 Å². The number of nitrogens with zero attached hydrogens (tertiary/aromatic N) is 7. The minimum absolute atomic E-state index is 0.128. The van der Waals surface area contributed by atoms with Gasteiger partial charge in [0.25, 0.3) is 5.91 Å². The number of nitrogens with one attached hydrogen (secondary N) is 2. The fourth-order valence-electron chi connectivity index (χ4n) is 4.87. The van der Waals surface area contributed by atoms with E-state index in [4.69, 9.17) is 15.1 Å². The zero-order valence-electron chi connectivity index (χ0n) is 23.1. The maximum absolute atomic E-state index is 13.0. The zero-order valence-corrected chi connectivity index (χ0v) is 23.1. The van der Waals surface area contributed by atoms with E-state index in [1.165, 1.54) is 6.21 Å². The molecule has 11 nitrogen and oxygen atoms in total. The van der Waals surface area contributed by atoms with E-state index < -0.39 is 0 Å². The minimum atomic E-state index is -0.128. The molecule has 1 saturated heterocycles. The molecule has 1 fully saturated rings. The van der Waals surface area contributed by atoms with Crippen molar-refractivity contribution in [1.29, 1.82) is 5.41 Å². The predicted molar refractivity (Wildman–Crippen MR) is 157 cm³/mol. The van der Waals surface area contributed by atoms with Gasteiger partial charge in [0.1, 0.15) is 5.82 Å². The Labute approximate surface area is 233 Å². The number of ether oxygens (including phenoxy) is 1. The van der Waals surface area contributed by atoms with Crippen molar-refractivity contribution in [1.82, 2.24) is 29.8 Å². The van der Waals surface area contributed by atoms with E-state index in [1.54, 1.807) is 50.1 Å². The molecule has 206 valence electrons. The highest BCUT2D eigenvalue weighted by Crippen LogP contribution is 2.31. The molecule has 1 aliphatic rings. The number of piperazine rings is 1. The molecule has 2 N–H and O–H groups in total. The molecule has 1 amide bonds. The van der Waals surface area contributed by atoms with Crippen molar-refractivity contribution < 1.29 is 9.53 Å². The van der Waals surface area contributed by atoms with E-state index in [9.17, 15) is 4.79 Å². The van der Waals surface area contributed by atoms with Gasteiger partial charge < -0.3 is 30.2 Å². The quantitative estimate of drug-likeness (QED) is 0.329. The third-order valence-electron chi connectivity index (χ3n) is 6.99. The van der Waals surface area contributed by atoms with Gasteiger partial charge in [0.15, 0.2) is 0 Å². The Morgan fingerprint density at radius 2 is 1.82 bits per heavy atom. The first-order valence-electron chi connectivity index (χ1n) is 13.0. The lowest BCUT2D eigenvalue weighted by Crippen LogP contribution is -2.46. The highest BCUT2D eigenvalue weighted by Gasteiger charge is 2.22. The fraction of sp³-hybridized carbons (Fsp3) is 0.276. The van der Waals surface area contributed by atoms with Gasteiger partial charge in [-0.05, 0) is 24.3 Å². The van der Waals surface area contributed by atoms with E-state index >= 15 is 0 Å². The number of rotatable bonds is 8. The van der Waals surface area contributed by atoms with E-state index in [1.807, 2.05) is 48.9 Å². The molecule has 4 aromatic heterocycles. The summed E-state index contributed by atoms with van der Waals surface area (Å²) < 4.78 is 6.87. The molecule has 0 radical (unpaired) electrons. The van der Waals surface area contributed by atoms with Crippen LogP contribution in [0.15, 0.2) is 61.3 Å². The van der Waals surface area contributed by atoms with Crippen LogP contribution in [0, 0.1) is 5.41 Å². The van der Waals surface area contributed by atoms with Crippen molar-refractivity contribution >= 4 is 34.7 Å². The molecule has 5 rings (SSSR count). The molecule has 0 aromatic carbocycles. The van der Waals surface area contributed by atoms with E-state index in [0.717, 1.165) is 54.4 Å². The predicted octanol–water partition coefficient (Wildman–Crippen LogP) is 3.04. The highest BCUT2D eigenvalue weighted by atomic mass is 16.5. The molecule has 5 heterocycles. The monoisotopic (exact) mass is 539 g/mol. The van der Waals surface area contributed by atoms with Crippen LogP contribution in [-0.2, 0) is 0 Å². The summed E-state index contributed by atoms with van der Waals surface area (Å²) in [4.78, 5) is 28.2. The van der Waals surface area contributed by atoms with Gasteiger partial charge in [0, 0.05) is 100 Å². The van der Waals surface area contributed by atoms with Crippen LogP contribution < -0.4 is 19.9 Å². The molecule has 0 saturated carbocycles. The first kappa shape index (κ1) is 26.7. The van der Waals surface area contributed by atoms with Crippen molar-refractivity contribution in [3.8, 4) is 17.0 Å². The summed E-state index contributed by atoms with van der Waals surface area (Å²) >= 11 is 0. The first-order chi connectivity index (χ1) is 19.4. The molecule has 11 heteroatoms. The second-order valence-electron chi connectivity index (χ2n) is 9.66. The average molecular weight is 540 g/mol. The van der Waals surface area contributed by atoms with E-state index in [-0.39, 0.29) is 5.91 Å². The Morgan fingerprint density at radius 1 is 1.05 bits per heavy atom. The van der Waals surface area contributed by atoms with Crippen molar-refractivity contribution in [2.24, 2.45) is 0 Å². The number of aromatic nitrogens is 4. The number of methoxy groups -OCH3 is 1. The summed E-state index contributed by atoms with van der Waals surface area (Å²) in [5.41, 5.74) is 5.46. The van der Waals surface area contributed by atoms with Crippen molar-refractivity contribution in [2.45, 2.75) is 0 Å². The standard InChI is InChI=1S/C29H33N9O2/c1-31-15-22(14-30)21-13-24(28-25(29(39)35(2)3)18-34-38(28)19-21)20-5-7-26(32-16-20)37-11-9-36(10-12-37)23-6-8-27(40-4)33-17-23/h5-8,13-19,30-31H,9-12H2,1-4H3/b22-15+,30-14?. The minimum Gasteiger partial charge on any atom is -0.481 e. The molecule has 0 bridgehead atoms. The first-order valence-corrected chi connectivity index (χ1v) is 13.0. The number of hydrogen-bond donors (Lipinski definition) is 2. The maximum atomic E-state index is 13.0. The molecular formula is C29H33N9O2. The number of carbonyl (C=O) groups is 1. The molecule has 0 unspecified atom stereocenters. The van der Waals surface area contributed by atoms with E-state index in [0.29, 0.717) is 22.5 Å². The molecule has 1 aliphatic heterocycles. The zero-order chi connectivity index (χ0) is 28.2. The fourth-order valence-corrected chi connectivity index (χ4v) is 4.87. The highest BCUT2D eigenvalue weighted by molar-refractivity contribution is 6.10. The number of fused-ring (bicyclic) bond motifs is 1. The second kappa shape index (κ2) is 11.4. The Morgan fingerprint density at radius 3 is 2.42 bits per heavy atom. The molecule has 0 aliphatic carbocycles. The van der Waals surface area contributed by atoms with Crippen LogP contribution in [0.1, 0.15) is 15.9 Å². The number of amides is 1. The van der Waals surface area contributed by atoms with Gasteiger partial charge in [0.2, 0.25) is 5.88 Å². The van der Waals surface area contributed by atoms with Crippen molar-refractivity contribution in [2.75, 3.05) is 64.2 Å². The van der Waals surface area contributed by atoms with Gasteiger partial charge in [-0.2, -0.15) is 5.10 Å². The van der Waals surface area contributed by atoms with Crippen molar-refractivity contribution in [3.63, 3.8) is 0 Å². The lowest BCUT2D eigenvalue weighted by molar-refractivity contribution is 0.0829. The Hall–Kier alpha value is -4.93. The molecule has 4 aromatic rings. The van der Waals surface area contributed by atoms with Gasteiger partial charge in [-0.25, -0.2) is 14.5 Å². The molecule has 0 spiro atoms. The lowest BCUT2D eigenvalue weighted by Gasteiger charge is -2.36. The van der Waals surface area contributed by atoms with Crippen LogP contribution in [0.3, 0.4) is 0 Å². The maximum Gasteiger partial charge on any atom is 0.257 e. The van der Waals surface area contributed by atoms with Gasteiger partial charge in [-0.3, -0.25) is 4.79 Å². The summed E-state index contributed by atoms with van der Waals surface area (Å²) in [6.07, 6.45) is 10.2. The number of pyridine rings is 3. The van der Waals surface area contributed by atoms with Crippen molar-refractivity contribution in [3.05, 3.63) is 72.4 Å². The Kier molecular flexibility index (Phi) is 7.63. The van der Waals surface area contributed by atoms with Crippen LogP contribution in [0.5, 0.6) is 5.88 Å². The third kappa shape index (κ3) is 5.18. The largest absolute Gasteiger partial charge is 0.481 e. The number of anilines is 2. The molecule has 40 heavy (non-hydrogen) atoms. The van der Waals surface area contributed by atoms with Crippen LogP contribution >= 0.6 is 0 Å².